The standard InChI is InChI=1S/C43H30S/c1-3-4-14-34-28(2)33-15-8-9-16-37(33)38-26-25-32(27-41(34)38)36-18-11-20-40-39-19-10-17-35(42(39)44-43(36)40)31-23-21-30(22-24-31)29-12-6-5-7-13-29/h3-27H,1H2,2H3/b14-4-. The van der Waals surface area contributed by atoms with E-state index in [0.29, 0.717) is 0 Å². The molecule has 0 radical (unpaired) electrons. The van der Waals surface area contributed by atoms with Gasteiger partial charge < -0.3 is 0 Å². The molecule has 0 aliphatic rings. The summed E-state index contributed by atoms with van der Waals surface area (Å²) in [5, 5.41) is 7.77. The van der Waals surface area contributed by atoms with Crippen LogP contribution in [0.1, 0.15) is 11.1 Å². The largest absolute Gasteiger partial charge is 0.134 e. The summed E-state index contributed by atoms with van der Waals surface area (Å²) in [6.07, 6.45) is 6.11. The zero-order valence-corrected chi connectivity index (χ0v) is 25.4. The lowest BCUT2D eigenvalue weighted by atomic mass is 9.90. The van der Waals surface area contributed by atoms with Gasteiger partial charge in [-0.1, -0.05) is 152 Å². The molecule has 1 heterocycles. The van der Waals surface area contributed by atoms with Crippen LogP contribution in [0.2, 0.25) is 0 Å². The number of hydrogen-bond acceptors (Lipinski definition) is 1. The zero-order valence-electron chi connectivity index (χ0n) is 24.5. The number of aryl methyl sites for hydroxylation is 1. The molecule has 0 atom stereocenters. The van der Waals surface area contributed by atoms with Crippen molar-refractivity contribution in [3.8, 4) is 33.4 Å². The Labute approximate surface area is 261 Å². The molecule has 1 aromatic heterocycles. The topological polar surface area (TPSA) is 0 Å². The van der Waals surface area contributed by atoms with Gasteiger partial charge in [0.15, 0.2) is 0 Å². The number of rotatable bonds is 5. The maximum Gasteiger partial charge on any atom is 0.0434 e. The minimum atomic E-state index is 1.24. The van der Waals surface area contributed by atoms with E-state index in [9.17, 15) is 0 Å². The first-order valence-corrected chi connectivity index (χ1v) is 15.9. The molecule has 7 aromatic carbocycles. The lowest BCUT2D eigenvalue weighted by Crippen LogP contribution is -1.90. The molecule has 0 aliphatic carbocycles. The first-order valence-electron chi connectivity index (χ1n) is 15.1. The van der Waals surface area contributed by atoms with Crippen molar-refractivity contribution in [1.82, 2.24) is 0 Å². The summed E-state index contributed by atoms with van der Waals surface area (Å²) in [7, 11) is 0. The molecule has 0 N–H and O–H groups in total. The zero-order chi connectivity index (χ0) is 29.6. The van der Waals surface area contributed by atoms with E-state index in [0.717, 1.165) is 0 Å². The van der Waals surface area contributed by atoms with Crippen molar-refractivity contribution in [3.05, 3.63) is 163 Å². The number of thiophene rings is 1. The van der Waals surface area contributed by atoms with Crippen LogP contribution in [0.4, 0.5) is 0 Å². The summed E-state index contributed by atoms with van der Waals surface area (Å²) < 4.78 is 2.66. The monoisotopic (exact) mass is 578 g/mol. The van der Waals surface area contributed by atoms with Crippen molar-refractivity contribution < 1.29 is 0 Å². The van der Waals surface area contributed by atoms with Crippen LogP contribution in [0.5, 0.6) is 0 Å². The highest BCUT2D eigenvalue weighted by atomic mass is 32.1. The molecule has 0 unspecified atom stereocenters. The smallest absolute Gasteiger partial charge is 0.0434 e. The summed E-state index contributed by atoms with van der Waals surface area (Å²) in [6.45, 7) is 6.16. The molecule has 8 aromatic rings. The Balaban J connectivity index is 1.31. The van der Waals surface area contributed by atoms with Crippen LogP contribution in [-0.2, 0) is 0 Å². The predicted molar refractivity (Wildman–Crippen MR) is 195 cm³/mol. The minimum Gasteiger partial charge on any atom is -0.134 e. The van der Waals surface area contributed by atoms with Gasteiger partial charge in [-0.05, 0) is 79.0 Å². The molecule has 0 bridgehead atoms. The first-order chi connectivity index (χ1) is 21.7. The van der Waals surface area contributed by atoms with E-state index in [4.69, 9.17) is 0 Å². The summed E-state index contributed by atoms with van der Waals surface area (Å²) in [5.41, 5.74) is 10.1. The molecule has 0 spiro atoms. The van der Waals surface area contributed by atoms with Crippen molar-refractivity contribution in [2.24, 2.45) is 0 Å². The second-order valence-corrected chi connectivity index (χ2v) is 12.4. The molecule has 0 saturated heterocycles. The van der Waals surface area contributed by atoms with Crippen molar-refractivity contribution in [2.75, 3.05) is 0 Å². The maximum absolute atomic E-state index is 3.93. The average Bonchev–Trinajstić information content (AvgIpc) is 3.48. The molecular weight excluding hydrogens is 549 g/mol. The molecule has 8 rings (SSSR count). The number of benzene rings is 7. The lowest BCUT2D eigenvalue weighted by molar-refractivity contribution is 1.52. The Morgan fingerprint density at radius 1 is 0.477 bits per heavy atom. The molecule has 1 heteroatoms. The fourth-order valence-electron chi connectivity index (χ4n) is 6.69. The molecule has 0 amide bonds. The van der Waals surface area contributed by atoms with Gasteiger partial charge in [0, 0.05) is 20.2 Å². The van der Waals surface area contributed by atoms with Crippen molar-refractivity contribution in [3.63, 3.8) is 0 Å². The summed E-state index contributed by atoms with van der Waals surface area (Å²) >= 11 is 1.91. The van der Waals surface area contributed by atoms with Gasteiger partial charge in [-0.2, -0.15) is 0 Å². The Hall–Kier alpha value is -5.24. The summed E-state index contributed by atoms with van der Waals surface area (Å²) in [4.78, 5) is 0. The Morgan fingerprint density at radius 2 is 1.02 bits per heavy atom. The van der Waals surface area contributed by atoms with Crippen molar-refractivity contribution in [2.45, 2.75) is 6.92 Å². The van der Waals surface area contributed by atoms with Crippen LogP contribution >= 0.6 is 11.3 Å². The highest BCUT2D eigenvalue weighted by Gasteiger charge is 2.16. The van der Waals surface area contributed by atoms with Crippen LogP contribution < -0.4 is 0 Å². The third kappa shape index (κ3) is 4.28. The highest BCUT2D eigenvalue weighted by Crippen LogP contribution is 2.45. The van der Waals surface area contributed by atoms with E-state index >= 15 is 0 Å². The van der Waals surface area contributed by atoms with E-state index in [-0.39, 0.29) is 0 Å². The molecule has 44 heavy (non-hydrogen) atoms. The molecule has 0 nitrogen and oxygen atoms in total. The highest BCUT2D eigenvalue weighted by molar-refractivity contribution is 7.26. The second kappa shape index (κ2) is 10.8. The van der Waals surface area contributed by atoms with Crippen LogP contribution in [0, 0.1) is 6.92 Å². The fraction of sp³-hybridized carbons (Fsp3) is 0.0233. The lowest BCUT2D eigenvalue weighted by Gasteiger charge is -2.14. The maximum atomic E-state index is 3.93. The van der Waals surface area contributed by atoms with E-state index < -0.39 is 0 Å². The Bertz CT molecular complexity index is 2390. The van der Waals surface area contributed by atoms with Crippen molar-refractivity contribution in [1.29, 1.82) is 0 Å². The van der Waals surface area contributed by atoms with Gasteiger partial charge in [0.2, 0.25) is 0 Å². The number of allylic oxidation sites excluding steroid dienone is 2. The molecule has 0 aliphatic heterocycles. The van der Waals surface area contributed by atoms with Crippen LogP contribution in [0.15, 0.2) is 152 Å². The second-order valence-electron chi connectivity index (χ2n) is 11.3. The van der Waals surface area contributed by atoms with E-state index in [1.165, 1.54) is 86.2 Å². The normalized spacial score (nSPS) is 11.8. The van der Waals surface area contributed by atoms with Gasteiger partial charge in [0.25, 0.3) is 0 Å². The number of hydrogen-bond donors (Lipinski definition) is 0. The number of fused-ring (bicyclic) bond motifs is 6. The first kappa shape index (κ1) is 26.4. The third-order valence-corrected chi connectivity index (χ3v) is 10.2. The quantitative estimate of drug-likeness (QED) is 0.141. The molecule has 0 fully saturated rings. The fourth-order valence-corrected chi connectivity index (χ4v) is 8.06. The molecule has 0 saturated carbocycles. The van der Waals surface area contributed by atoms with Crippen LogP contribution in [0.25, 0.3) is 81.2 Å². The van der Waals surface area contributed by atoms with Gasteiger partial charge in [-0.15, -0.1) is 11.3 Å². The van der Waals surface area contributed by atoms with Gasteiger partial charge in [0.1, 0.15) is 0 Å². The SMILES string of the molecule is C=C/C=C\c1c(C)c2ccccc2c2ccc(-c3cccc4c3sc3c(-c5ccc(-c6ccccc6)cc5)cccc34)cc12. The van der Waals surface area contributed by atoms with Gasteiger partial charge in [-0.3, -0.25) is 0 Å². The molecular formula is C43H30S. The van der Waals surface area contributed by atoms with E-state index in [1.807, 2.05) is 23.5 Å². The minimum absolute atomic E-state index is 1.24. The average molecular weight is 579 g/mol. The third-order valence-electron chi connectivity index (χ3n) is 8.87. The van der Waals surface area contributed by atoms with Crippen molar-refractivity contribution >= 4 is 59.1 Å². The summed E-state index contributed by atoms with van der Waals surface area (Å²) in [5.74, 6) is 0. The van der Waals surface area contributed by atoms with Crippen LogP contribution in [-0.4, -0.2) is 0 Å². The Morgan fingerprint density at radius 3 is 1.73 bits per heavy atom. The predicted octanol–water partition coefficient (Wildman–Crippen LogP) is 12.9. The van der Waals surface area contributed by atoms with Gasteiger partial charge in [-0.25, -0.2) is 0 Å². The van der Waals surface area contributed by atoms with Gasteiger partial charge in [0.05, 0.1) is 0 Å². The summed E-state index contributed by atoms with van der Waals surface area (Å²) in [6, 6.07) is 48.8. The van der Waals surface area contributed by atoms with Gasteiger partial charge >= 0.3 is 0 Å². The van der Waals surface area contributed by atoms with Crippen LogP contribution in [0.3, 0.4) is 0 Å². The van der Waals surface area contributed by atoms with E-state index in [1.54, 1.807) is 0 Å². The molecule has 208 valence electrons. The Kier molecular flexibility index (Phi) is 6.47. The van der Waals surface area contributed by atoms with E-state index in [2.05, 4.69) is 153 Å².